The maximum atomic E-state index is 13.4. The van der Waals surface area contributed by atoms with E-state index in [1.54, 1.807) is 7.05 Å². The monoisotopic (exact) mass is 417 g/mol. The molecular weight excluding hydrogens is 388 g/mol. The van der Waals surface area contributed by atoms with Crippen LogP contribution in [0.1, 0.15) is 24.6 Å². The van der Waals surface area contributed by atoms with Crippen LogP contribution in [0.4, 0.5) is 10.7 Å². The van der Waals surface area contributed by atoms with Crippen molar-refractivity contribution in [1.82, 2.24) is 19.3 Å². The van der Waals surface area contributed by atoms with E-state index in [9.17, 15) is 9.59 Å². The first-order valence-corrected chi connectivity index (χ1v) is 10.7. The molecule has 0 spiro atoms. The van der Waals surface area contributed by atoms with Crippen molar-refractivity contribution in [3.05, 3.63) is 11.9 Å². The summed E-state index contributed by atoms with van der Waals surface area (Å²) in [4.78, 5) is 36.1. The van der Waals surface area contributed by atoms with E-state index in [0.29, 0.717) is 44.6 Å². The van der Waals surface area contributed by atoms with E-state index in [1.807, 2.05) is 17.7 Å². The lowest BCUT2D eigenvalue weighted by atomic mass is 10.1. The second-order valence-electron chi connectivity index (χ2n) is 8.38. The van der Waals surface area contributed by atoms with Gasteiger partial charge in [0.2, 0.25) is 11.9 Å². The molecule has 10 heteroatoms. The molecule has 5 rings (SSSR count). The van der Waals surface area contributed by atoms with E-state index in [4.69, 9.17) is 14.5 Å². The average molecular weight is 417 g/mol. The van der Waals surface area contributed by atoms with Gasteiger partial charge in [-0.2, -0.15) is 0 Å². The summed E-state index contributed by atoms with van der Waals surface area (Å²) < 4.78 is 15.2. The number of likely N-dealkylation sites (N-methyl/N-ethyl adjacent to an activating group) is 1. The lowest BCUT2D eigenvalue weighted by Gasteiger charge is -2.35. The van der Waals surface area contributed by atoms with Gasteiger partial charge in [-0.1, -0.05) is 4.99 Å². The van der Waals surface area contributed by atoms with Gasteiger partial charge in [-0.05, 0) is 19.8 Å². The number of urea groups is 1. The number of amidine groups is 1. The van der Waals surface area contributed by atoms with E-state index in [1.165, 1.54) is 9.80 Å². The number of morpholine rings is 1. The van der Waals surface area contributed by atoms with Crippen molar-refractivity contribution >= 4 is 23.7 Å². The van der Waals surface area contributed by atoms with Crippen LogP contribution in [0.2, 0.25) is 0 Å². The summed E-state index contributed by atoms with van der Waals surface area (Å²) in [6, 6.07) is -0.895. The van der Waals surface area contributed by atoms with Crippen molar-refractivity contribution in [1.29, 1.82) is 0 Å². The van der Waals surface area contributed by atoms with Crippen LogP contribution >= 0.6 is 0 Å². The predicted octanol–water partition coefficient (Wildman–Crippen LogP) is 0.0739. The maximum absolute atomic E-state index is 13.4. The molecule has 4 aliphatic heterocycles. The van der Waals surface area contributed by atoms with Gasteiger partial charge in [0, 0.05) is 39.8 Å². The van der Waals surface area contributed by atoms with Gasteiger partial charge in [-0.15, -0.1) is 0 Å². The van der Waals surface area contributed by atoms with Crippen LogP contribution in [-0.2, 0) is 20.8 Å². The zero-order valence-electron chi connectivity index (χ0n) is 17.6. The molecule has 0 aliphatic carbocycles. The molecule has 2 unspecified atom stereocenters. The van der Waals surface area contributed by atoms with Crippen molar-refractivity contribution < 1.29 is 23.6 Å². The van der Waals surface area contributed by atoms with Gasteiger partial charge >= 0.3 is 12.0 Å². The van der Waals surface area contributed by atoms with E-state index in [0.717, 1.165) is 38.2 Å². The number of hydrogen-bond donors (Lipinski definition) is 0. The van der Waals surface area contributed by atoms with E-state index in [2.05, 4.69) is 9.47 Å². The van der Waals surface area contributed by atoms with Crippen molar-refractivity contribution in [3.63, 3.8) is 0 Å². The molecule has 0 bridgehead atoms. The van der Waals surface area contributed by atoms with Crippen LogP contribution in [0.3, 0.4) is 0 Å². The van der Waals surface area contributed by atoms with Crippen LogP contribution in [-0.4, -0.2) is 96.2 Å². The quantitative estimate of drug-likeness (QED) is 0.634. The third kappa shape index (κ3) is 3.23. The molecule has 4 aliphatic rings. The number of imidazole rings is 1. The zero-order chi connectivity index (χ0) is 20.8. The fourth-order valence-corrected chi connectivity index (χ4v) is 4.72. The van der Waals surface area contributed by atoms with E-state index >= 15 is 0 Å². The molecule has 5 heterocycles. The normalized spacial score (nSPS) is 26.9. The minimum atomic E-state index is -0.586. The summed E-state index contributed by atoms with van der Waals surface area (Å²) in [7, 11) is 1.70. The fraction of sp³-hybridized carbons (Fsp3) is 0.700. The summed E-state index contributed by atoms with van der Waals surface area (Å²) in [5.41, 5.74) is 1.04. The average Bonchev–Trinajstić information content (AvgIpc) is 3.45. The number of imide groups is 1. The van der Waals surface area contributed by atoms with Crippen LogP contribution < -0.4 is 4.57 Å². The van der Waals surface area contributed by atoms with Gasteiger partial charge in [0.05, 0.1) is 25.9 Å². The molecule has 3 amide bonds. The Balaban J connectivity index is 1.38. The number of carbonyl (C=O) groups is 2. The lowest BCUT2D eigenvalue weighted by molar-refractivity contribution is -0.677. The molecule has 3 fully saturated rings. The predicted molar refractivity (Wildman–Crippen MR) is 107 cm³/mol. The number of fused-ring (bicyclic) bond motifs is 3. The topological polar surface area (TPSA) is 83.5 Å². The van der Waals surface area contributed by atoms with Gasteiger partial charge in [-0.3, -0.25) is 19.5 Å². The zero-order valence-corrected chi connectivity index (χ0v) is 17.6. The number of rotatable bonds is 5. The third-order valence-electron chi connectivity index (χ3n) is 6.48. The molecule has 0 N–H and O–H groups in total. The molecule has 0 radical (unpaired) electrons. The van der Waals surface area contributed by atoms with Crippen molar-refractivity contribution in [2.24, 2.45) is 4.99 Å². The highest BCUT2D eigenvalue weighted by molar-refractivity contribution is 6.19. The summed E-state index contributed by atoms with van der Waals surface area (Å²) in [5, 5.41) is 0. The summed E-state index contributed by atoms with van der Waals surface area (Å²) >= 11 is 0. The van der Waals surface area contributed by atoms with Crippen LogP contribution in [0, 0.1) is 6.92 Å². The van der Waals surface area contributed by atoms with Crippen molar-refractivity contribution in [3.8, 4) is 0 Å². The van der Waals surface area contributed by atoms with Crippen LogP contribution in [0.5, 0.6) is 0 Å². The van der Waals surface area contributed by atoms with Crippen molar-refractivity contribution in [2.75, 3.05) is 53.0 Å². The number of aromatic nitrogens is 2. The van der Waals surface area contributed by atoms with Crippen LogP contribution in [0.15, 0.2) is 11.2 Å². The summed E-state index contributed by atoms with van der Waals surface area (Å²) in [5.74, 6) is 1.01. The SMILES string of the molecule is Cc1c[n+]2c(n1CC1CCCO1)N=C1C2C(=O)N(CCN2CCOCC2)C(=O)N1C. The Hall–Kier alpha value is -2.30. The Morgan fingerprint density at radius 2 is 2.00 bits per heavy atom. The first-order chi connectivity index (χ1) is 14.5. The van der Waals surface area contributed by atoms with E-state index < -0.39 is 6.04 Å². The number of amides is 3. The molecule has 30 heavy (non-hydrogen) atoms. The van der Waals surface area contributed by atoms with Crippen molar-refractivity contribution in [2.45, 2.75) is 38.5 Å². The Morgan fingerprint density at radius 1 is 1.20 bits per heavy atom. The Labute approximate surface area is 175 Å². The van der Waals surface area contributed by atoms with Gasteiger partial charge in [0.1, 0.15) is 11.9 Å². The second kappa shape index (κ2) is 7.75. The Morgan fingerprint density at radius 3 is 2.73 bits per heavy atom. The standard InChI is InChI=1S/C20H29N6O4/c1-14-12-26-16-17(21-19(26)25(14)13-15-4-3-9-30-15)22(2)20(28)24(18(16)27)6-5-23-7-10-29-11-8-23/h12,15-16H,3-11,13H2,1-2H3/q+1. The molecule has 162 valence electrons. The number of hydrogen-bond acceptors (Lipinski definition) is 6. The first kappa shape index (κ1) is 19.7. The highest BCUT2D eigenvalue weighted by atomic mass is 16.5. The Bertz CT molecular complexity index is 884. The van der Waals surface area contributed by atoms with Gasteiger partial charge < -0.3 is 9.47 Å². The Kier molecular flexibility index (Phi) is 5.08. The highest BCUT2D eigenvalue weighted by Gasteiger charge is 2.53. The minimum Gasteiger partial charge on any atom is -0.379 e. The molecule has 3 saturated heterocycles. The second-order valence-corrected chi connectivity index (χ2v) is 8.38. The number of ether oxygens (including phenoxy) is 2. The maximum Gasteiger partial charge on any atom is 0.402 e. The fourth-order valence-electron chi connectivity index (χ4n) is 4.72. The van der Waals surface area contributed by atoms with Crippen LogP contribution in [0.25, 0.3) is 0 Å². The van der Waals surface area contributed by atoms with Gasteiger partial charge in [-0.25, -0.2) is 13.9 Å². The first-order valence-electron chi connectivity index (χ1n) is 10.7. The highest BCUT2D eigenvalue weighted by Crippen LogP contribution is 2.30. The molecule has 0 saturated carbocycles. The smallest absolute Gasteiger partial charge is 0.379 e. The summed E-state index contributed by atoms with van der Waals surface area (Å²) in [6.07, 6.45) is 4.24. The molecule has 1 aromatic rings. The largest absolute Gasteiger partial charge is 0.402 e. The number of aryl methyl sites for hydroxylation is 1. The molecule has 10 nitrogen and oxygen atoms in total. The molecule has 1 aromatic heterocycles. The third-order valence-corrected chi connectivity index (χ3v) is 6.48. The number of carbonyl (C=O) groups excluding carboxylic acids is 2. The molecule has 0 aromatic carbocycles. The lowest BCUT2D eigenvalue weighted by Crippen LogP contribution is -2.63. The minimum absolute atomic E-state index is 0.170. The van der Waals surface area contributed by atoms with Gasteiger partial charge in [0.15, 0.2) is 0 Å². The number of nitrogens with zero attached hydrogens (tertiary/aromatic N) is 6. The molecular formula is C20H29N6O4+. The van der Waals surface area contributed by atoms with Gasteiger partial charge in [0.25, 0.3) is 5.91 Å². The number of aliphatic imine (C=N–C) groups is 1. The summed E-state index contributed by atoms with van der Waals surface area (Å²) in [6.45, 7) is 7.60. The van der Waals surface area contributed by atoms with E-state index in [-0.39, 0.29) is 18.0 Å². The molecule has 2 atom stereocenters.